The van der Waals surface area contributed by atoms with Gasteiger partial charge in [-0.15, -0.1) is 0 Å². The number of ether oxygens (including phenoxy) is 2. The molecule has 0 saturated heterocycles. The van der Waals surface area contributed by atoms with E-state index in [9.17, 15) is 4.79 Å². The Balaban J connectivity index is 1.49. The highest BCUT2D eigenvalue weighted by Gasteiger charge is 2.25. The number of nitriles is 1. The van der Waals surface area contributed by atoms with E-state index in [0.717, 1.165) is 59.0 Å². The minimum atomic E-state index is -1.30. The molecule has 1 aromatic heterocycles. The molecule has 0 atom stereocenters. The monoisotopic (exact) mass is 520 g/mol. The topological polar surface area (TPSA) is 95.9 Å². The van der Waals surface area contributed by atoms with E-state index in [1.165, 1.54) is 6.08 Å². The van der Waals surface area contributed by atoms with Gasteiger partial charge in [-0.05, 0) is 79.1 Å². The molecular formula is C32H28N2O5. The predicted molar refractivity (Wildman–Crippen MR) is 150 cm³/mol. The second-order valence-electron chi connectivity index (χ2n) is 9.11. The number of hydrogen-bond donors (Lipinski definition) is 1. The van der Waals surface area contributed by atoms with Crippen LogP contribution < -0.4 is 14.4 Å². The van der Waals surface area contributed by atoms with Crippen LogP contribution in [0.1, 0.15) is 32.4 Å². The molecule has 0 amide bonds. The van der Waals surface area contributed by atoms with Crippen molar-refractivity contribution in [3.8, 4) is 45.8 Å². The van der Waals surface area contributed by atoms with Crippen molar-refractivity contribution in [1.29, 1.82) is 5.26 Å². The maximum absolute atomic E-state index is 11.2. The average Bonchev–Trinajstić information content (AvgIpc) is 3.42. The Morgan fingerprint density at radius 1 is 0.949 bits per heavy atom. The Labute approximate surface area is 227 Å². The number of hydrogen-bond acceptors (Lipinski definition) is 6. The number of carboxylic acids is 1. The van der Waals surface area contributed by atoms with E-state index in [4.69, 9.17) is 24.3 Å². The lowest BCUT2D eigenvalue weighted by Crippen LogP contribution is -2.22. The minimum Gasteiger partial charge on any atom is -0.494 e. The standard InChI is InChI=1S/C32H28N2O5/c1-3-5-16-34-27-13-8-22(21-6-10-25(11-7-21)37-4-2)18-30(27)39-31-19-23(9-14-28(31)34)29-15-12-26(38-29)17-24(20-33)32(35)36/h6-15,17-19H,3-5,16H2,1-2H3,(H,35,36)/b24-17+. The van der Waals surface area contributed by atoms with Gasteiger partial charge in [0, 0.05) is 18.2 Å². The predicted octanol–water partition coefficient (Wildman–Crippen LogP) is 8.05. The maximum Gasteiger partial charge on any atom is 0.346 e. The zero-order valence-electron chi connectivity index (χ0n) is 21.8. The van der Waals surface area contributed by atoms with Crippen LogP contribution in [-0.2, 0) is 4.79 Å². The molecule has 0 unspecified atom stereocenters. The van der Waals surface area contributed by atoms with E-state index < -0.39 is 11.5 Å². The molecule has 5 rings (SSSR count). The first-order valence-electron chi connectivity index (χ1n) is 12.9. The first kappa shape index (κ1) is 25.7. The van der Waals surface area contributed by atoms with Crippen molar-refractivity contribution in [2.75, 3.05) is 18.1 Å². The lowest BCUT2D eigenvalue weighted by atomic mass is 10.0. The second kappa shape index (κ2) is 11.2. The van der Waals surface area contributed by atoms with Crippen LogP contribution >= 0.6 is 0 Å². The summed E-state index contributed by atoms with van der Waals surface area (Å²) in [5.74, 6) is 1.85. The molecule has 0 radical (unpaired) electrons. The van der Waals surface area contributed by atoms with Crippen LogP contribution in [0.2, 0.25) is 0 Å². The fourth-order valence-corrected chi connectivity index (χ4v) is 4.56. The molecule has 1 aliphatic heterocycles. The maximum atomic E-state index is 11.2. The van der Waals surface area contributed by atoms with Crippen molar-refractivity contribution < 1.29 is 23.8 Å². The van der Waals surface area contributed by atoms with Gasteiger partial charge < -0.3 is 23.9 Å². The van der Waals surface area contributed by atoms with Crippen LogP contribution in [-0.4, -0.2) is 24.2 Å². The number of unbranched alkanes of at least 4 members (excludes halogenated alkanes) is 1. The molecule has 0 fully saturated rings. The Kier molecular flexibility index (Phi) is 7.37. The van der Waals surface area contributed by atoms with Crippen LogP contribution in [0.3, 0.4) is 0 Å². The molecule has 2 heterocycles. The summed E-state index contributed by atoms with van der Waals surface area (Å²) in [6.07, 6.45) is 3.31. The van der Waals surface area contributed by atoms with Gasteiger partial charge in [0.1, 0.15) is 28.9 Å². The molecule has 3 aromatic carbocycles. The van der Waals surface area contributed by atoms with Gasteiger partial charge in [0.2, 0.25) is 0 Å². The Morgan fingerprint density at radius 3 is 2.26 bits per heavy atom. The third kappa shape index (κ3) is 5.36. The summed E-state index contributed by atoms with van der Waals surface area (Å²) in [4.78, 5) is 13.5. The molecule has 0 spiro atoms. The summed E-state index contributed by atoms with van der Waals surface area (Å²) < 4.78 is 17.9. The summed E-state index contributed by atoms with van der Waals surface area (Å²) in [5, 5.41) is 18.2. The minimum absolute atomic E-state index is 0.289. The number of aliphatic carboxylic acids is 1. The normalized spacial score (nSPS) is 12.2. The van der Waals surface area contributed by atoms with Crippen LogP contribution in [0.5, 0.6) is 17.2 Å². The van der Waals surface area contributed by atoms with Gasteiger partial charge in [0.25, 0.3) is 0 Å². The molecule has 4 aromatic rings. The molecule has 1 aliphatic rings. The second-order valence-corrected chi connectivity index (χ2v) is 9.11. The largest absolute Gasteiger partial charge is 0.494 e. The molecule has 7 heteroatoms. The van der Waals surface area contributed by atoms with Gasteiger partial charge >= 0.3 is 5.97 Å². The zero-order valence-corrected chi connectivity index (χ0v) is 21.8. The van der Waals surface area contributed by atoms with E-state index in [1.54, 1.807) is 18.2 Å². The van der Waals surface area contributed by atoms with Gasteiger partial charge in [-0.3, -0.25) is 0 Å². The Bertz CT molecular complexity index is 1580. The quantitative estimate of drug-likeness (QED) is 0.176. The first-order chi connectivity index (χ1) is 19.0. The zero-order chi connectivity index (χ0) is 27.4. The molecule has 0 saturated carbocycles. The van der Waals surface area contributed by atoms with Crippen molar-refractivity contribution in [2.24, 2.45) is 0 Å². The fraction of sp³-hybridized carbons (Fsp3) is 0.188. The SMILES string of the molecule is CCCCN1c2ccc(-c3ccc(OCC)cc3)cc2Oc2cc(-c3ccc(/C=C(\C#N)C(=O)O)o3)ccc21. The van der Waals surface area contributed by atoms with Crippen LogP contribution in [0.15, 0.2) is 82.8 Å². The highest BCUT2D eigenvalue weighted by atomic mass is 16.5. The van der Waals surface area contributed by atoms with Crippen molar-refractivity contribution >= 4 is 23.4 Å². The number of carbonyl (C=O) groups is 1. The van der Waals surface area contributed by atoms with Crippen molar-refractivity contribution in [1.82, 2.24) is 0 Å². The van der Waals surface area contributed by atoms with Crippen LogP contribution in [0, 0.1) is 11.3 Å². The number of benzene rings is 3. The fourth-order valence-electron chi connectivity index (χ4n) is 4.56. The van der Waals surface area contributed by atoms with Gasteiger partial charge in [0.15, 0.2) is 11.5 Å². The Hall–Kier alpha value is -4.96. The number of carboxylic acid groups (broad SMARTS) is 1. The molecule has 1 N–H and O–H groups in total. The molecule has 196 valence electrons. The average molecular weight is 521 g/mol. The Morgan fingerprint density at radius 2 is 1.62 bits per heavy atom. The van der Waals surface area contributed by atoms with E-state index >= 15 is 0 Å². The highest BCUT2D eigenvalue weighted by Crippen LogP contribution is 2.49. The smallest absolute Gasteiger partial charge is 0.346 e. The number of furan rings is 1. The lowest BCUT2D eigenvalue weighted by Gasteiger charge is -2.33. The van der Waals surface area contributed by atoms with E-state index in [0.29, 0.717) is 18.1 Å². The van der Waals surface area contributed by atoms with Crippen molar-refractivity contribution in [3.63, 3.8) is 0 Å². The third-order valence-electron chi connectivity index (χ3n) is 6.50. The van der Waals surface area contributed by atoms with E-state index in [-0.39, 0.29) is 5.76 Å². The molecule has 7 nitrogen and oxygen atoms in total. The lowest BCUT2D eigenvalue weighted by molar-refractivity contribution is -0.132. The van der Waals surface area contributed by atoms with Crippen LogP contribution in [0.4, 0.5) is 11.4 Å². The number of rotatable bonds is 9. The summed E-state index contributed by atoms with van der Waals surface area (Å²) in [7, 11) is 0. The van der Waals surface area contributed by atoms with Gasteiger partial charge in [0.05, 0.1) is 18.0 Å². The van der Waals surface area contributed by atoms with Gasteiger partial charge in [-0.1, -0.05) is 31.5 Å². The van der Waals surface area contributed by atoms with E-state index in [2.05, 4.69) is 30.0 Å². The summed E-state index contributed by atoms with van der Waals surface area (Å²) in [6.45, 7) is 5.61. The summed E-state index contributed by atoms with van der Waals surface area (Å²) in [6, 6.07) is 25.3. The molecule has 0 bridgehead atoms. The number of nitrogens with zero attached hydrogens (tertiary/aromatic N) is 2. The highest BCUT2D eigenvalue weighted by molar-refractivity contribution is 5.96. The van der Waals surface area contributed by atoms with Crippen molar-refractivity contribution in [3.05, 3.63) is 84.1 Å². The van der Waals surface area contributed by atoms with Crippen molar-refractivity contribution in [2.45, 2.75) is 26.7 Å². The van der Waals surface area contributed by atoms with Gasteiger partial charge in [-0.2, -0.15) is 5.26 Å². The molecule has 0 aliphatic carbocycles. The van der Waals surface area contributed by atoms with E-state index in [1.807, 2.05) is 49.4 Å². The number of anilines is 2. The van der Waals surface area contributed by atoms with Gasteiger partial charge in [-0.25, -0.2) is 4.79 Å². The van der Waals surface area contributed by atoms with Crippen LogP contribution in [0.25, 0.3) is 28.5 Å². The number of fused-ring (bicyclic) bond motifs is 2. The molecular weight excluding hydrogens is 492 g/mol. The summed E-state index contributed by atoms with van der Waals surface area (Å²) >= 11 is 0. The summed E-state index contributed by atoms with van der Waals surface area (Å²) in [5.41, 5.74) is 4.49. The molecule has 39 heavy (non-hydrogen) atoms. The first-order valence-corrected chi connectivity index (χ1v) is 12.9. The third-order valence-corrected chi connectivity index (χ3v) is 6.50.